The van der Waals surface area contributed by atoms with Gasteiger partial charge < -0.3 is 114 Å². The molecule has 0 aromatic rings. The van der Waals surface area contributed by atoms with E-state index in [1.807, 2.05) is 5.32 Å². The third-order valence-corrected chi connectivity index (χ3v) is 18.2. The molecule has 5 fully saturated rings. The molecular weight excluding hydrogens is 1650 g/mol. The van der Waals surface area contributed by atoms with Crippen molar-refractivity contribution in [1.82, 2.24) is 14.8 Å². The molecule has 0 aromatic heterocycles. The number of nitrogens with one attached hydrogen (secondary N) is 3. The van der Waals surface area contributed by atoms with E-state index >= 15 is 0 Å². The number of aliphatic carboxylic acids is 3. The van der Waals surface area contributed by atoms with E-state index in [1.54, 1.807) is 0 Å². The van der Waals surface area contributed by atoms with Crippen molar-refractivity contribution in [2.24, 2.45) is 0 Å². The second-order valence-corrected chi connectivity index (χ2v) is 30.4. The molecule has 5 saturated heterocycles. The van der Waals surface area contributed by atoms with Gasteiger partial charge in [0.1, 0.15) is 104 Å². The Bertz CT molecular complexity index is 4130. The summed E-state index contributed by atoms with van der Waals surface area (Å²) in [6.45, 7) is -4.66. The number of hydrogen-bond donors (Lipinski definition) is 22. The topological polar surface area (TPSA) is 919 Å². The summed E-state index contributed by atoms with van der Waals surface area (Å²) in [5.74, 6) is -12.1. The quantitative estimate of drug-likeness (QED) is 0.0271. The van der Waals surface area contributed by atoms with Gasteiger partial charge in [-0.05, 0) is 0 Å². The van der Waals surface area contributed by atoms with Gasteiger partial charge in [-0.2, -0.15) is 76.8 Å². The second kappa shape index (κ2) is 34.0. The fourth-order valence-electron chi connectivity index (χ4n) is 10.4. The summed E-state index contributed by atoms with van der Waals surface area (Å²) in [6.07, 6.45) is -75.5. The second-order valence-electron chi connectivity index (χ2n) is 21.7. The molecule has 6 heterocycles. The Morgan fingerprint density at radius 1 is 0.390 bits per heavy atom. The van der Waals surface area contributed by atoms with Crippen LogP contribution in [0.4, 0.5) is 0 Å². The molecule has 0 saturated carbocycles. The normalized spacial score (nSPS) is 37.9. The first-order chi connectivity index (χ1) is 47.6. The van der Waals surface area contributed by atoms with Crippen LogP contribution in [-0.2, 0) is 179 Å². The Morgan fingerprint density at radius 3 is 1.01 bits per heavy atom. The maximum atomic E-state index is 13.2. The Balaban J connectivity index is 1.41. The lowest BCUT2D eigenvalue weighted by molar-refractivity contribution is -0.374. The zero-order valence-corrected chi connectivity index (χ0v) is 57.2. The van der Waals surface area contributed by atoms with Gasteiger partial charge in [0, 0.05) is 6.92 Å². The molecule has 0 spiro atoms. The van der Waals surface area contributed by atoms with Crippen molar-refractivity contribution in [1.29, 1.82) is 0 Å². The third kappa shape index (κ3) is 25.0. The predicted molar refractivity (Wildman–Crippen MR) is 300 cm³/mol. The van der Waals surface area contributed by atoms with Crippen LogP contribution in [0.1, 0.15) is 6.92 Å². The molecule has 105 heavy (non-hydrogen) atoms. The smallest absolute Gasteiger partial charge is 0.397 e. The van der Waals surface area contributed by atoms with Crippen molar-refractivity contribution in [3.63, 3.8) is 0 Å². The number of carboxylic acid groups (broad SMARTS) is 3. The Labute approximate surface area is 585 Å². The third-order valence-electron chi connectivity index (χ3n) is 14.3. The van der Waals surface area contributed by atoms with Crippen LogP contribution in [0, 0.1) is 0 Å². The average molecular weight is 1710 g/mol. The summed E-state index contributed by atoms with van der Waals surface area (Å²) in [5, 5.41) is 123. The zero-order valence-electron chi connectivity index (χ0n) is 50.7. The van der Waals surface area contributed by atoms with Gasteiger partial charge in [0.05, 0.1) is 19.8 Å². The number of carbonyl (C=O) groups is 4. The minimum atomic E-state index is -6.33. The number of carbonyl (C=O) groups excluding carboxylic acids is 1. The monoisotopic (exact) mass is 1710 g/mol. The fraction of sp³-hybridized carbons (Fsp3) is 0.842. The van der Waals surface area contributed by atoms with Gasteiger partial charge in [-0.1, -0.05) is 0 Å². The number of aliphatic hydroxyl groups is 8. The molecule has 0 radical (unpaired) electrons. The highest BCUT2D eigenvalue weighted by molar-refractivity contribution is 7.84. The molecule has 0 unspecified atom stereocenters. The van der Waals surface area contributed by atoms with Gasteiger partial charge in [-0.3, -0.25) is 41.2 Å². The van der Waals surface area contributed by atoms with Crippen molar-refractivity contribution in [3.05, 3.63) is 11.5 Å². The van der Waals surface area contributed by atoms with E-state index in [0.29, 0.717) is 0 Å². The summed E-state index contributed by atoms with van der Waals surface area (Å²) >= 11 is 0. The number of rotatable bonds is 33. The van der Waals surface area contributed by atoms with Crippen LogP contribution >= 0.6 is 0 Å². The summed E-state index contributed by atoms with van der Waals surface area (Å²) in [6, 6.07) is -8.26. The SMILES string of the molecule is CC(=O)N[C@@H]1[C@@H](O)[C@H](O[C@@H]2O[C@@H](C(=O)O)[C@@H](O[C@H]3O[C@H](COS(=O)(=O)O)[C@@H](O[C@@H]4O[C@@H](C(=O)O)[C@@H](O[C@H]5O[C@H](COS(=O)(=O)O)[C@@H](O[C@@H]6OC(C(=O)O)=C(O)[C@H](O)[C@H]6OS(=O)(=O)O)[C@H](O)[C@H]5NS(=O)(=O)O)[C@H](O)[C@H]4OS(=O)(=O)O)[C@H](O)[C@H]3NS(=O)(=O)O)[C@H](O)[C@H]2OS(=O)(=O)O)[C@@H](COS(=O)(=O)O)O[C@@H]1O. The number of hydrogen-bond acceptors (Lipinski definition) is 45. The molecular formula is C38H59N3O56S8. The number of carboxylic acids is 3. The van der Waals surface area contributed by atoms with E-state index in [0.717, 1.165) is 16.4 Å². The van der Waals surface area contributed by atoms with Gasteiger partial charge in [0.15, 0.2) is 67.7 Å². The van der Waals surface area contributed by atoms with Gasteiger partial charge in [0.25, 0.3) is 0 Å². The van der Waals surface area contributed by atoms with Crippen molar-refractivity contribution < 1.29 is 256 Å². The van der Waals surface area contributed by atoms with Gasteiger partial charge >= 0.3 is 101 Å². The zero-order chi connectivity index (χ0) is 79.9. The van der Waals surface area contributed by atoms with E-state index in [1.165, 1.54) is 0 Å². The largest absolute Gasteiger partial charge is 0.506 e. The van der Waals surface area contributed by atoms with Crippen molar-refractivity contribution in [2.75, 3.05) is 19.8 Å². The van der Waals surface area contributed by atoms with Crippen LogP contribution in [0.5, 0.6) is 0 Å². The van der Waals surface area contributed by atoms with Crippen molar-refractivity contribution in [2.45, 2.75) is 179 Å². The molecule has 0 bridgehead atoms. The summed E-state index contributed by atoms with van der Waals surface area (Å²) < 4.78 is 358. The number of aliphatic hydroxyl groups excluding tert-OH is 8. The molecule has 59 nitrogen and oxygen atoms in total. The standard InChI is InChI=1S/C38H59N3O56S8/c1-5(42)39-9-12(43)19(6(84-33(9)56)2-81-100(63,64)65)87-37-26(96-104(75,76)77)17(48)22(28(93-37)31(52)53)90-35-11(41-99(60,61)62)14(45)21(8(86-35)4-83-102(69,70)71)89-38-27(97-105(78,79)80)18(49)23(29(94-38)32(54)55)91-34-10(40-98(57,58)59)13(44)20(7(85-34)3-82-101(66,67)68)88-36-25(95-103(72,73)74)16(47)15(46)24(92-36)30(50)51/h6-14,16-23,25-29,33-38,40-41,43-49,56H,2-4H2,1H3,(H,39,42)(H,50,51)(H,52,53)(H,54,55)(H,57,58,59)(H,60,61,62)(H,63,64,65)(H,66,67,68)(H,69,70,71)(H,72,73,74)(H,75,76,77)(H,78,79,80)/t6-,7-,8-,9-,10-,11-,12-,13-,14-,16+,17+,18+,19-,20-,21-,22+,23+,25-,26-,27-,28-,29-,33+,34-,35-,36-,37-,38-/m1/s1. The minimum Gasteiger partial charge on any atom is -0.506 e. The molecule has 610 valence electrons. The molecule has 0 aromatic carbocycles. The highest BCUT2D eigenvalue weighted by Gasteiger charge is 2.62. The number of amides is 1. The molecule has 22 N–H and O–H groups in total. The summed E-state index contributed by atoms with van der Waals surface area (Å²) in [5.41, 5.74) is 0. The van der Waals surface area contributed by atoms with Gasteiger partial charge in [0.2, 0.25) is 18.0 Å². The molecule has 1 amide bonds. The maximum Gasteiger partial charge on any atom is 0.397 e. The molecule has 67 heteroatoms. The first-order valence-electron chi connectivity index (χ1n) is 27.3. The lowest BCUT2D eigenvalue weighted by atomic mass is 9.94. The Kier molecular flexibility index (Phi) is 28.9. The van der Waals surface area contributed by atoms with E-state index in [9.17, 15) is 179 Å². The first kappa shape index (κ1) is 89.4. The number of ether oxygens (including phenoxy) is 11. The van der Waals surface area contributed by atoms with Crippen molar-refractivity contribution in [3.8, 4) is 0 Å². The minimum absolute atomic E-state index is 0.779. The van der Waals surface area contributed by atoms with Crippen LogP contribution in [0.3, 0.4) is 0 Å². The van der Waals surface area contributed by atoms with Crippen LogP contribution in [0.15, 0.2) is 11.5 Å². The Hall–Kier alpha value is -4.50. The highest BCUT2D eigenvalue weighted by atomic mass is 32.3. The fourth-order valence-corrected chi connectivity index (χ4v) is 13.9. The lowest BCUT2D eigenvalue weighted by Crippen LogP contribution is -2.71. The summed E-state index contributed by atoms with van der Waals surface area (Å²) in [4.78, 5) is 50.1. The molecule has 6 aliphatic heterocycles. The average Bonchev–Trinajstić information content (AvgIpc) is 0.761. The maximum absolute atomic E-state index is 13.2. The van der Waals surface area contributed by atoms with Gasteiger partial charge in [-0.25, -0.2) is 39.5 Å². The first-order valence-corrected chi connectivity index (χ1v) is 38.4. The van der Waals surface area contributed by atoms with Crippen LogP contribution in [0.25, 0.3) is 0 Å². The molecule has 6 aliphatic rings. The molecule has 6 rings (SSSR count). The van der Waals surface area contributed by atoms with Gasteiger partial charge in [-0.15, -0.1) is 0 Å². The van der Waals surface area contributed by atoms with E-state index in [4.69, 9.17) is 52.1 Å². The van der Waals surface area contributed by atoms with E-state index in [-0.39, 0.29) is 0 Å². The van der Waals surface area contributed by atoms with Crippen LogP contribution in [0.2, 0.25) is 0 Å². The van der Waals surface area contributed by atoms with E-state index < -0.39 is 310 Å². The molecule has 28 atom stereocenters. The van der Waals surface area contributed by atoms with E-state index in [2.05, 4.69) is 25.1 Å². The molecule has 0 aliphatic carbocycles. The lowest BCUT2D eigenvalue weighted by Gasteiger charge is -2.50. The predicted octanol–water partition coefficient (Wildman–Crippen LogP) is -14.9. The van der Waals surface area contributed by atoms with Crippen LogP contribution in [-0.4, -0.2) is 375 Å². The van der Waals surface area contributed by atoms with Crippen LogP contribution < -0.4 is 14.8 Å². The Morgan fingerprint density at radius 2 is 0.705 bits per heavy atom. The highest BCUT2D eigenvalue weighted by Crippen LogP contribution is 2.40. The summed E-state index contributed by atoms with van der Waals surface area (Å²) in [7, 11) is -47.8. The van der Waals surface area contributed by atoms with Crippen molar-refractivity contribution >= 4 is 107 Å².